The zero-order valence-corrected chi connectivity index (χ0v) is 12.1. The lowest BCUT2D eigenvalue weighted by atomic mass is 10.4. The van der Waals surface area contributed by atoms with Gasteiger partial charge in [-0.05, 0) is 15.9 Å². The van der Waals surface area contributed by atoms with E-state index in [1.807, 2.05) is 12.1 Å². The molecule has 2 aromatic carbocycles. The number of rotatable bonds is 2. The summed E-state index contributed by atoms with van der Waals surface area (Å²) in [4.78, 5) is 0. The van der Waals surface area contributed by atoms with E-state index in [4.69, 9.17) is 11.2 Å². The average molecular weight is 285 g/mol. The minimum Gasteiger partial charge on any atom is -0.0872 e. The molecule has 0 aliphatic heterocycles. The summed E-state index contributed by atoms with van der Waals surface area (Å²) in [5.74, 6) is 0. The SMILES string of the molecule is ClP(=C1C=CC=C1)(c1ccccc1)c1ccccc1. The van der Waals surface area contributed by atoms with Gasteiger partial charge in [0.25, 0.3) is 0 Å². The second-order valence-electron chi connectivity index (χ2n) is 4.40. The Morgan fingerprint density at radius 1 is 0.632 bits per heavy atom. The van der Waals surface area contributed by atoms with Gasteiger partial charge in [0, 0.05) is 6.24 Å². The third-order valence-corrected chi connectivity index (χ3v) is 8.01. The molecule has 0 radical (unpaired) electrons. The van der Waals surface area contributed by atoms with Crippen molar-refractivity contribution in [3.8, 4) is 0 Å². The van der Waals surface area contributed by atoms with Crippen LogP contribution in [0.25, 0.3) is 0 Å². The van der Waals surface area contributed by atoms with Crippen molar-refractivity contribution >= 4 is 33.4 Å². The van der Waals surface area contributed by atoms with E-state index in [-0.39, 0.29) is 0 Å². The molecule has 0 nitrogen and oxygen atoms in total. The highest BCUT2D eigenvalue weighted by atomic mass is 35.7. The normalized spacial score (nSPS) is 14.1. The Kier molecular flexibility index (Phi) is 3.46. The molecule has 0 heterocycles. The van der Waals surface area contributed by atoms with Gasteiger partial charge < -0.3 is 0 Å². The summed E-state index contributed by atoms with van der Waals surface area (Å²) < 4.78 is 0. The molecular formula is C17H14ClP. The minimum absolute atomic E-state index is 1.20. The molecule has 0 saturated carbocycles. The predicted molar refractivity (Wildman–Crippen MR) is 88.2 cm³/mol. The number of halogens is 1. The molecule has 1 aliphatic carbocycles. The summed E-state index contributed by atoms with van der Waals surface area (Å²) in [6.45, 7) is 0. The van der Waals surface area contributed by atoms with Crippen molar-refractivity contribution < 1.29 is 0 Å². The van der Waals surface area contributed by atoms with Gasteiger partial charge in [-0.3, -0.25) is 0 Å². The quantitative estimate of drug-likeness (QED) is 0.728. The Morgan fingerprint density at radius 3 is 1.47 bits per heavy atom. The van der Waals surface area contributed by atoms with E-state index in [0.717, 1.165) is 0 Å². The molecule has 0 spiro atoms. The van der Waals surface area contributed by atoms with Crippen LogP contribution in [0, 0.1) is 0 Å². The maximum atomic E-state index is 7.17. The lowest BCUT2D eigenvalue weighted by molar-refractivity contribution is 1.76. The summed E-state index contributed by atoms with van der Waals surface area (Å²) in [7, 11) is 0. The van der Waals surface area contributed by atoms with E-state index < -0.39 is 6.24 Å². The third-order valence-electron chi connectivity index (χ3n) is 3.22. The van der Waals surface area contributed by atoms with Crippen LogP contribution in [0.1, 0.15) is 0 Å². The molecule has 0 saturated heterocycles. The van der Waals surface area contributed by atoms with Crippen molar-refractivity contribution in [2.24, 2.45) is 0 Å². The highest BCUT2D eigenvalue weighted by molar-refractivity contribution is 8.09. The van der Waals surface area contributed by atoms with E-state index in [1.54, 1.807) is 0 Å². The van der Waals surface area contributed by atoms with Gasteiger partial charge >= 0.3 is 0 Å². The Bertz CT molecular complexity index is 624. The molecular weight excluding hydrogens is 271 g/mol. The molecule has 3 rings (SSSR count). The maximum absolute atomic E-state index is 7.17. The molecule has 0 N–H and O–H groups in total. The van der Waals surface area contributed by atoms with E-state index in [2.05, 4.69) is 72.8 Å². The molecule has 0 fully saturated rings. The van der Waals surface area contributed by atoms with Crippen molar-refractivity contribution in [3.63, 3.8) is 0 Å². The fraction of sp³-hybridized carbons (Fsp3) is 0. The molecule has 19 heavy (non-hydrogen) atoms. The van der Waals surface area contributed by atoms with Gasteiger partial charge in [-0.2, -0.15) is 0 Å². The summed E-state index contributed by atoms with van der Waals surface area (Å²) in [6.07, 6.45) is 6.35. The summed E-state index contributed by atoms with van der Waals surface area (Å²) >= 11 is 7.17. The highest BCUT2D eigenvalue weighted by Gasteiger charge is 2.23. The van der Waals surface area contributed by atoms with Crippen molar-refractivity contribution in [2.45, 2.75) is 0 Å². The standard InChI is InChI=1S/C17H14ClP/c18-19(17-13-7-8-14-17,15-9-3-1-4-10-15)16-11-5-2-6-12-16/h1-14H. The summed E-state index contributed by atoms with van der Waals surface area (Å²) in [5, 5.41) is 3.62. The number of hydrogen-bond acceptors (Lipinski definition) is 0. The molecule has 2 heteroatoms. The van der Waals surface area contributed by atoms with Crippen molar-refractivity contribution in [1.82, 2.24) is 0 Å². The van der Waals surface area contributed by atoms with Gasteiger partial charge in [-0.1, -0.05) is 96.2 Å². The molecule has 2 aromatic rings. The van der Waals surface area contributed by atoms with Crippen molar-refractivity contribution in [3.05, 3.63) is 85.0 Å². The number of hydrogen-bond donors (Lipinski definition) is 0. The van der Waals surface area contributed by atoms with Gasteiger partial charge in [-0.25, -0.2) is 0 Å². The molecule has 0 bridgehead atoms. The maximum Gasteiger partial charge on any atom is 0.0406 e. The van der Waals surface area contributed by atoms with E-state index in [0.29, 0.717) is 0 Å². The van der Waals surface area contributed by atoms with Gasteiger partial charge in [0.2, 0.25) is 0 Å². The fourth-order valence-corrected chi connectivity index (χ4v) is 5.94. The summed E-state index contributed by atoms with van der Waals surface area (Å²) in [5.41, 5.74) is 0. The largest absolute Gasteiger partial charge is 0.0872 e. The summed E-state index contributed by atoms with van der Waals surface area (Å²) in [6, 6.07) is 20.8. The minimum atomic E-state index is -2.01. The van der Waals surface area contributed by atoms with Crippen molar-refractivity contribution in [2.75, 3.05) is 0 Å². The van der Waals surface area contributed by atoms with Crippen LogP contribution in [0.3, 0.4) is 0 Å². The lowest BCUT2D eigenvalue weighted by Crippen LogP contribution is -2.16. The molecule has 0 aromatic heterocycles. The second-order valence-corrected chi connectivity index (χ2v) is 8.65. The first kappa shape index (κ1) is 12.5. The number of benzene rings is 2. The number of allylic oxidation sites excluding steroid dienone is 4. The van der Waals surface area contributed by atoms with E-state index in [1.165, 1.54) is 15.9 Å². The third kappa shape index (κ3) is 2.23. The molecule has 94 valence electrons. The van der Waals surface area contributed by atoms with Crippen LogP contribution < -0.4 is 10.6 Å². The first-order valence-electron chi connectivity index (χ1n) is 6.24. The zero-order chi connectivity index (χ0) is 13.1. The van der Waals surface area contributed by atoms with Gasteiger partial charge in [0.05, 0.1) is 0 Å². The lowest BCUT2D eigenvalue weighted by Gasteiger charge is -2.22. The molecule has 0 unspecified atom stereocenters. The van der Waals surface area contributed by atoms with Crippen LogP contribution in [-0.4, -0.2) is 5.29 Å². The van der Waals surface area contributed by atoms with Crippen LogP contribution in [0.4, 0.5) is 0 Å². The topological polar surface area (TPSA) is 0 Å². The molecule has 0 atom stereocenters. The van der Waals surface area contributed by atoms with Crippen LogP contribution in [0.2, 0.25) is 0 Å². The first-order chi connectivity index (χ1) is 9.32. The van der Waals surface area contributed by atoms with Crippen molar-refractivity contribution in [1.29, 1.82) is 0 Å². The molecule has 0 amide bonds. The zero-order valence-electron chi connectivity index (χ0n) is 10.4. The van der Waals surface area contributed by atoms with E-state index in [9.17, 15) is 0 Å². The average Bonchev–Trinajstić information content (AvgIpc) is 3.03. The highest BCUT2D eigenvalue weighted by Crippen LogP contribution is 2.53. The van der Waals surface area contributed by atoms with Gasteiger partial charge in [0.1, 0.15) is 0 Å². The Labute approximate surface area is 118 Å². The Balaban J connectivity index is 2.33. The van der Waals surface area contributed by atoms with Crippen LogP contribution in [0.5, 0.6) is 0 Å². The van der Waals surface area contributed by atoms with E-state index >= 15 is 0 Å². The van der Waals surface area contributed by atoms with Crippen LogP contribution >= 0.6 is 17.5 Å². The monoisotopic (exact) mass is 284 g/mol. The fourth-order valence-electron chi connectivity index (χ4n) is 2.28. The Hall–Kier alpha value is -1.49. The Morgan fingerprint density at radius 2 is 1.05 bits per heavy atom. The smallest absolute Gasteiger partial charge is 0.0406 e. The predicted octanol–water partition coefficient (Wildman–Crippen LogP) is 4.11. The first-order valence-corrected chi connectivity index (χ1v) is 8.93. The van der Waals surface area contributed by atoms with Crippen LogP contribution in [-0.2, 0) is 0 Å². The van der Waals surface area contributed by atoms with Gasteiger partial charge in [0.15, 0.2) is 0 Å². The second kappa shape index (κ2) is 5.25. The van der Waals surface area contributed by atoms with Gasteiger partial charge in [-0.15, -0.1) is 0 Å². The van der Waals surface area contributed by atoms with Crippen LogP contribution in [0.15, 0.2) is 85.0 Å². The molecule has 1 aliphatic rings.